The third-order valence-electron chi connectivity index (χ3n) is 6.11. The van der Waals surface area contributed by atoms with Crippen LogP contribution in [0.15, 0.2) is 53.1 Å². The highest BCUT2D eigenvalue weighted by atomic mass is 16.4. The van der Waals surface area contributed by atoms with E-state index in [9.17, 15) is 9.90 Å². The number of hydrogen-bond acceptors (Lipinski definition) is 9. The standard InChI is InChI=1S/C25H27N7O3/c1-30(2)20(33)16-31-11-13-32(14-12-31)24-18-9-6-10-26-21(18)23(34)22(27-24)25-29-28-19(35-25)15-17-7-4-3-5-8-17/h3-10,34H,11-16H2,1-2H3. The molecule has 180 valence electrons. The highest BCUT2D eigenvalue weighted by Gasteiger charge is 2.26. The molecular formula is C25H27N7O3. The van der Waals surface area contributed by atoms with Crippen LogP contribution in [0.3, 0.4) is 0 Å². The number of benzene rings is 1. The highest BCUT2D eigenvalue weighted by Crippen LogP contribution is 2.37. The molecule has 0 atom stereocenters. The van der Waals surface area contributed by atoms with E-state index >= 15 is 0 Å². The number of fused-ring (bicyclic) bond motifs is 1. The van der Waals surface area contributed by atoms with Crippen molar-refractivity contribution in [3.05, 3.63) is 60.1 Å². The Hall–Kier alpha value is -4.05. The molecule has 1 amide bonds. The van der Waals surface area contributed by atoms with Gasteiger partial charge in [0.25, 0.3) is 5.89 Å². The second-order valence-corrected chi connectivity index (χ2v) is 8.75. The van der Waals surface area contributed by atoms with Crippen LogP contribution in [0.4, 0.5) is 5.82 Å². The van der Waals surface area contributed by atoms with Gasteiger partial charge in [-0.05, 0) is 17.7 Å². The molecule has 1 aliphatic heterocycles. The fourth-order valence-electron chi connectivity index (χ4n) is 4.14. The van der Waals surface area contributed by atoms with Crippen LogP contribution in [0.1, 0.15) is 11.5 Å². The monoisotopic (exact) mass is 473 g/mol. The minimum Gasteiger partial charge on any atom is -0.504 e. The predicted molar refractivity (Wildman–Crippen MR) is 131 cm³/mol. The molecule has 0 saturated carbocycles. The summed E-state index contributed by atoms with van der Waals surface area (Å²) in [6, 6.07) is 13.6. The molecule has 1 aromatic carbocycles. The third-order valence-corrected chi connectivity index (χ3v) is 6.11. The SMILES string of the molecule is CN(C)C(=O)CN1CCN(c2nc(-c3nnc(Cc4ccccc4)o3)c(O)c3ncccc23)CC1. The van der Waals surface area contributed by atoms with Gasteiger partial charge in [-0.3, -0.25) is 14.7 Å². The van der Waals surface area contributed by atoms with Crippen molar-refractivity contribution in [2.75, 3.05) is 51.7 Å². The Morgan fingerprint density at radius 2 is 1.83 bits per heavy atom. The number of pyridine rings is 2. The number of rotatable bonds is 6. The van der Waals surface area contributed by atoms with Gasteiger partial charge < -0.3 is 19.3 Å². The van der Waals surface area contributed by atoms with E-state index in [4.69, 9.17) is 9.40 Å². The number of piperazine rings is 1. The summed E-state index contributed by atoms with van der Waals surface area (Å²) in [5.74, 6) is 1.28. The first-order valence-corrected chi connectivity index (χ1v) is 11.5. The number of aromatic nitrogens is 4. The normalized spacial score (nSPS) is 14.4. The van der Waals surface area contributed by atoms with E-state index < -0.39 is 0 Å². The van der Waals surface area contributed by atoms with E-state index in [1.165, 1.54) is 0 Å². The predicted octanol–water partition coefficient (Wildman–Crippen LogP) is 2.19. The Bertz CT molecular complexity index is 1330. The van der Waals surface area contributed by atoms with Gasteiger partial charge in [0.1, 0.15) is 11.3 Å². The molecule has 0 aliphatic carbocycles. The molecule has 0 unspecified atom stereocenters. The lowest BCUT2D eigenvalue weighted by atomic mass is 10.1. The summed E-state index contributed by atoms with van der Waals surface area (Å²) in [5, 5.41) is 20.1. The molecule has 10 heteroatoms. The van der Waals surface area contributed by atoms with Gasteiger partial charge in [0.05, 0.1) is 13.0 Å². The smallest absolute Gasteiger partial charge is 0.270 e. The van der Waals surface area contributed by atoms with Crippen LogP contribution in [0.2, 0.25) is 0 Å². The van der Waals surface area contributed by atoms with Crippen LogP contribution in [0.25, 0.3) is 22.5 Å². The minimum atomic E-state index is -0.0884. The first-order valence-electron chi connectivity index (χ1n) is 11.5. The minimum absolute atomic E-state index is 0.0841. The average Bonchev–Trinajstić information content (AvgIpc) is 3.33. The number of carbonyl (C=O) groups is 1. The van der Waals surface area contributed by atoms with Crippen LogP contribution in [0, 0.1) is 0 Å². The second-order valence-electron chi connectivity index (χ2n) is 8.75. The molecule has 0 bridgehead atoms. The second kappa shape index (κ2) is 9.67. The summed E-state index contributed by atoms with van der Waals surface area (Å²) in [4.78, 5) is 27.2. The number of likely N-dealkylation sites (N-methyl/N-ethyl adjacent to an activating group) is 1. The van der Waals surface area contributed by atoms with Crippen molar-refractivity contribution in [2.24, 2.45) is 0 Å². The number of nitrogens with zero attached hydrogens (tertiary/aromatic N) is 7. The highest BCUT2D eigenvalue weighted by molar-refractivity contribution is 5.97. The quantitative estimate of drug-likeness (QED) is 0.450. The van der Waals surface area contributed by atoms with E-state index in [1.54, 1.807) is 25.2 Å². The number of hydrogen-bond donors (Lipinski definition) is 1. The van der Waals surface area contributed by atoms with Gasteiger partial charge >= 0.3 is 0 Å². The van der Waals surface area contributed by atoms with Gasteiger partial charge in [-0.2, -0.15) is 0 Å². The Labute approximate surface area is 202 Å². The van der Waals surface area contributed by atoms with Crippen molar-refractivity contribution in [1.82, 2.24) is 30.0 Å². The molecule has 4 heterocycles. The first kappa shape index (κ1) is 22.7. The first-order chi connectivity index (χ1) is 17.0. The molecule has 1 aliphatic rings. The lowest BCUT2D eigenvalue weighted by molar-refractivity contribution is -0.129. The molecule has 1 N–H and O–H groups in total. The number of anilines is 1. The average molecular weight is 474 g/mol. The van der Waals surface area contributed by atoms with Gasteiger partial charge in [-0.25, -0.2) is 4.98 Å². The number of aromatic hydroxyl groups is 1. The maximum absolute atomic E-state index is 12.1. The van der Waals surface area contributed by atoms with E-state index in [2.05, 4.69) is 25.0 Å². The van der Waals surface area contributed by atoms with E-state index in [-0.39, 0.29) is 23.2 Å². The zero-order chi connectivity index (χ0) is 24.4. The third kappa shape index (κ3) is 4.78. The summed E-state index contributed by atoms with van der Waals surface area (Å²) in [5.41, 5.74) is 1.69. The number of amides is 1. The van der Waals surface area contributed by atoms with Crippen molar-refractivity contribution < 1.29 is 14.3 Å². The fourth-order valence-corrected chi connectivity index (χ4v) is 4.14. The maximum atomic E-state index is 12.1. The van der Waals surface area contributed by atoms with Crippen LogP contribution < -0.4 is 4.90 Å². The lowest BCUT2D eigenvalue weighted by Gasteiger charge is -2.36. The van der Waals surface area contributed by atoms with Crippen molar-refractivity contribution in [3.8, 4) is 17.3 Å². The molecule has 1 saturated heterocycles. The van der Waals surface area contributed by atoms with Crippen molar-refractivity contribution in [2.45, 2.75) is 6.42 Å². The molecule has 3 aromatic heterocycles. The maximum Gasteiger partial charge on any atom is 0.270 e. The number of carbonyl (C=O) groups excluding carboxylic acids is 1. The van der Waals surface area contributed by atoms with E-state index in [0.29, 0.717) is 43.3 Å². The van der Waals surface area contributed by atoms with Gasteiger partial charge in [0, 0.05) is 51.9 Å². The Kier molecular flexibility index (Phi) is 6.28. The molecule has 35 heavy (non-hydrogen) atoms. The summed E-state index contributed by atoms with van der Waals surface area (Å²) in [6.07, 6.45) is 2.12. The van der Waals surface area contributed by atoms with Crippen molar-refractivity contribution in [3.63, 3.8) is 0 Å². The van der Waals surface area contributed by atoms with E-state index in [0.717, 1.165) is 24.0 Å². The molecule has 10 nitrogen and oxygen atoms in total. The zero-order valence-electron chi connectivity index (χ0n) is 19.8. The van der Waals surface area contributed by atoms with Crippen LogP contribution in [-0.2, 0) is 11.2 Å². The van der Waals surface area contributed by atoms with Crippen LogP contribution in [0.5, 0.6) is 5.75 Å². The topological polar surface area (TPSA) is 112 Å². The van der Waals surface area contributed by atoms with Gasteiger partial charge in [-0.15, -0.1) is 10.2 Å². The largest absolute Gasteiger partial charge is 0.504 e. The lowest BCUT2D eigenvalue weighted by Crippen LogP contribution is -2.49. The van der Waals surface area contributed by atoms with Crippen molar-refractivity contribution in [1.29, 1.82) is 0 Å². The summed E-state index contributed by atoms with van der Waals surface area (Å²) < 4.78 is 5.89. The van der Waals surface area contributed by atoms with Crippen LogP contribution >= 0.6 is 0 Å². The molecule has 4 aromatic rings. The fraction of sp³-hybridized carbons (Fsp3) is 0.320. The molecule has 1 fully saturated rings. The Morgan fingerprint density at radius 1 is 1.06 bits per heavy atom. The molecule has 5 rings (SSSR count). The zero-order valence-corrected chi connectivity index (χ0v) is 19.8. The summed E-state index contributed by atoms with van der Waals surface area (Å²) >= 11 is 0. The van der Waals surface area contributed by atoms with E-state index in [1.807, 2.05) is 42.5 Å². The van der Waals surface area contributed by atoms with Crippen molar-refractivity contribution >= 4 is 22.6 Å². The Morgan fingerprint density at radius 3 is 2.57 bits per heavy atom. The van der Waals surface area contributed by atoms with Gasteiger partial charge in [-0.1, -0.05) is 30.3 Å². The summed E-state index contributed by atoms with van der Waals surface area (Å²) in [7, 11) is 3.53. The molecule has 0 radical (unpaired) electrons. The van der Waals surface area contributed by atoms with Crippen LogP contribution in [-0.4, -0.2) is 87.8 Å². The molecular weight excluding hydrogens is 446 g/mol. The van der Waals surface area contributed by atoms with Gasteiger partial charge in [0.15, 0.2) is 11.4 Å². The Balaban J connectivity index is 1.43. The summed E-state index contributed by atoms with van der Waals surface area (Å²) in [6.45, 7) is 3.21. The van der Waals surface area contributed by atoms with Gasteiger partial charge in [0.2, 0.25) is 11.8 Å². The molecule has 0 spiro atoms.